The maximum Gasteiger partial charge on any atom is 0.279 e. The van der Waals surface area contributed by atoms with Gasteiger partial charge in [-0.25, -0.2) is 13.3 Å². The van der Waals surface area contributed by atoms with Crippen LogP contribution in [0.25, 0.3) is 4.85 Å². The molecule has 0 spiro atoms. The van der Waals surface area contributed by atoms with Crippen molar-refractivity contribution in [2.45, 2.75) is 25.7 Å². The van der Waals surface area contributed by atoms with Crippen LogP contribution in [0.3, 0.4) is 0 Å². The Kier molecular flexibility index (Phi) is 4.08. The van der Waals surface area contributed by atoms with Gasteiger partial charge in [0.15, 0.2) is 0 Å². The van der Waals surface area contributed by atoms with Gasteiger partial charge < -0.3 is 0 Å². The smallest absolute Gasteiger partial charge is 0.230 e. The van der Waals surface area contributed by atoms with Crippen molar-refractivity contribution in [3.63, 3.8) is 0 Å². The normalized spacial score (nSPS) is 12.5. The van der Waals surface area contributed by atoms with E-state index in [0.717, 1.165) is 5.56 Å². The molecule has 17 heavy (non-hydrogen) atoms. The first kappa shape index (κ1) is 13.5. The lowest BCUT2D eigenvalue weighted by atomic mass is 10.2. The SMILES string of the molecule is [C-]#[N+]C(=CC(C)C)S(=O)(=O)c1ccc(C)cc1. The third kappa shape index (κ3) is 3.18. The quantitative estimate of drug-likeness (QED) is 0.772. The highest BCUT2D eigenvalue weighted by Crippen LogP contribution is 2.21. The Labute approximate surface area is 103 Å². The molecule has 0 aliphatic carbocycles. The van der Waals surface area contributed by atoms with Crippen molar-refractivity contribution in [2.24, 2.45) is 5.92 Å². The average molecular weight is 249 g/mol. The molecule has 0 N–H and O–H groups in total. The molecule has 1 rings (SSSR count). The topological polar surface area (TPSA) is 38.5 Å². The monoisotopic (exact) mass is 249 g/mol. The number of sulfone groups is 1. The first-order chi connectivity index (χ1) is 7.87. The Hall–Kier alpha value is -1.60. The van der Waals surface area contributed by atoms with Gasteiger partial charge in [0.25, 0.3) is 5.03 Å². The molecular weight excluding hydrogens is 234 g/mol. The molecule has 0 saturated heterocycles. The molecule has 0 aromatic heterocycles. The van der Waals surface area contributed by atoms with E-state index in [9.17, 15) is 8.42 Å². The summed E-state index contributed by atoms with van der Waals surface area (Å²) in [6.45, 7) is 12.5. The van der Waals surface area contributed by atoms with Crippen molar-refractivity contribution < 1.29 is 8.42 Å². The fraction of sp³-hybridized carbons (Fsp3) is 0.308. The minimum atomic E-state index is -3.66. The van der Waals surface area contributed by atoms with E-state index in [1.165, 1.54) is 18.2 Å². The Bertz CT molecular complexity index is 560. The first-order valence-electron chi connectivity index (χ1n) is 5.29. The van der Waals surface area contributed by atoms with E-state index >= 15 is 0 Å². The minimum Gasteiger partial charge on any atom is -0.230 e. The maximum atomic E-state index is 12.1. The molecule has 0 saturated carbocycles. The number of rotatable bonds is 3. The van der Waals surface area contributed by atoms with Crippen LogP contribution in [0.15, 0.2) is 40.3 Å². The van der Waals surface area contributed by atoms with Crippen molar-refractivity contribution in [3.8, 4) is 0 Å². The molecule has 3 nitrogen and oxygen atoms in total. The highest BCUT2D eigenvalue weighted by Gasteiger charge is 2.21. The van der Waals surface area contributed by atoms with E-state index < -0.39 is 9.84 Å². The molecule has 1 aromatic carbocycles. The summed E-state index contributed by atoms with van der Waals surface area (Å²) in [6.07, 6.45) is 1.47. The second kappa shape index (κ2) is 5.15. The molecule has 0 heterocycles. The fourth-order valence-electron chi connectivity index (χ4n) is 1.31. The molecule has 0 fully saturated rings. The molecule has 4 heteroatoms. The van der Waals surface area contributed by atoms with Crippen molar-refractivity contribution in [2.75, 3.05) is 0 Å². The van der Waals surface area contributed by atoms with Gasteiger partial charge in [-0.1, -0.05) is 37.6 Å². The molecule has 0 atom stereocenters. The lowest BCUT2D eigenvalue weighted by Gasteiger charge is -2.04. The van der Waals surface area contributed by atoms with Crippen molar-refractivity contribution in [1.29, 1.82) is 0 Å². The summed E-state index contributed by atoms with van der Waals surface area (Å²) in [5.74, 6) is 0.0272. The lowest BCUT2D eigenvalue weighted by molar-refractivity contribution is 0.602. The van der Waals surface area contributed by atoms with Crippen LogP contribution in [-0.2, 0) is 9.84 Å². The van der Waals surface area contributed by atoms with Crippen LogP contribution < -0.4 is 0 Å². The second-order valence-electron chi connectivity index (χ2n) is 4.18. The summed E-state index contributed by atoms with van der Waals surface area (Å²) >= 11 is 0. The standard InChI is InChI=1S/C13H15NO2S/c1-10(2)9-13(14-4)17(15,16)12-7-5-11(3)6-8-12/h5-10H,1-3H3. The number of aryl methyl sites for hydroxylation is 1. The van der Waals surface area contributed by atoms with Gasteiger partial charge in [-0.15, -0.1) is 0 Å². The van der Waals surface area contributed by atoms with E-state index in [2.05, 4.69) is 4.85 Å². The third-order valence-corrected chi connectivity index (χ3v) is 3.86. The van der Waals surface area contributed by atoms with Crippen molar-refractivity contribution in [1.82, 2.24) is 0 Å². The van der Waals surface area contributed by atoms with Gasteiger partial charge in [0, 0.05) is 0 Å². The third-order valence-electron chi connectivity index (χ3n) is 2.19. The molecule has 0 unspecified atom stereocenters. The zero-order valence-corrected chi connectivity index (χ0v) is 11.0. The summed E-state index contributed by atoms with van der Waals surface area (Å²) in [4.78, 5) is 3.29. The number of hydrogen-bond donors (Lipinski definition) is 0. The fourth-order valence-corrected chi connectivity index (χ4v) is 2.62. The number of nitrogens with zero attached hydrogens (tertiary/aromatic N) is 1. The van der Waals surface area contributed by atoms with Crippen LogP contribution >= 0.6 is 0 Å². The summed E-state index contributed by atoms with van der Waals surface area (Å²) in [6, 6.07) is 6.52. The molecule has 0 radical (unpaired) electrons. The van der Waals surface area contributed by atoms with Crippen LogP contribution in [0.4, 0.5) is 0 Å². The Morgan fingerprint density at radius 2 is 1.82 bits per heavy atom. The van der Waals surface area contributed by atoms with Crippen LogP contribution in [0, 0.1) is 19.4 Å². The summed E-state index contributed by atoms with van der Waals surface area (Å²) in [7, 11) is -3.66. The highest BCUT2D eigenvalue weighted by molar-refractivity contribution is 7.95. The zero-order chi connectivity index (χ0) is 13.1. The first-order valence-corrected chi connectivity index (χ1v) is 6.77. The second-order valence-corrected chi connectivity index (χ2v) is 6.07. The highest BCUT2D eigenvalue weighted by atomic mass is 32.2. The van der Waals surface area contributed by atoms with Gasteiger partial charge in [-0.05, 0) is 25.0 Å². The van der Waals surface area contributed by atoms with Gasteiger partial charge >= 0.3 is 0 Å². The van der Waals surface area contributed by atoms with Gasteiger partial charge in [0.1, 0.15) is 0 Å². The molecule has 0 aliphatic heterocycles. The summed E-state index contributed by atoms with van der Waals surface area (Å²) in [5.41, 5.74) is 0.987. The van der Waals surface area contributed by atoms with Crippen molar-refractivity contribution >= 4 is 9.84 Å². The minimum absolute atomic E-state index is 0.0272. The van der Waals surface area contributed by atoms with Crippen LogP contribution in [0.1, 0.15) is 19.4 Å². The van der Waals surface area contributed by atoms with Crippen LogP contribution in [0.5, 0.6) is 0 Å². The van der Waals surface area contributed by atoms with E-state index in [0.29, 0.717) is 0 Å². The van der Waals surface area contributed by atoms with Gasteiger partial charge in [0.2, 0.25) is 9.84 Å². The van der Waals surface area contributed by atoms with E-state index in [4.69, 9.17) is 6.57 Å². The summed E-state index contributed by atoms with van der Waals surface area (Å²) in [5, 5.41) is -0.198. The zero-order valence-electron chi connectivity index (χ0n) is 10.1. The molecular formula is C13H15NO2S. The molecule has 0 bridgehead atoms. The van der Waals surface area contributed by atoms with Gasteiger partial charge in [-0.2, -0.15) is 0 Å². The van der Waals surface area contributed by atoms with Crippen LogP contribution in [-0.4, -0.2) is 8.42 Å². The largest absolute Gasteiger partial charge is 0.279 e. The number of allylic oxidation sites excluding steroid dienone is 1. The van der Waals surface area contributed by atoms with E-state index in [1.54, 1.807) is 12.1 Å². The molecule has 90 valence electrons. The van der Waals surface area contributed by atoms with Crippen LogP contribution in [0.2, 0.25) is 0 Å². The van der Waals surface area contributed by atoms with Gasteiger partial charge in [0.05, 0.1) is 11.5 Å². The molecule has 0 aliphatic rings. The van der Waals surface area contributed by atoms with Gasteiger partial charge in [-0.3, -0.25) is 0 Å². The Balaban J connectivity index is 3.29. The average Bonchev–Trinajstić information content (AvgIpc) is 2.26. The lowest BCUT2D eigenvalue weighted by Crippen LogP contribution is -2.03. The summed E-state index contributed by atoms with van der Waals surface area (Å²) < 4.78 is 24.3. The van der Waals surface area contributed by atoms with E-state index in [1.807, 2.05) is 20.8 Å². The van der Waals surface area contributed by atoms with E-state index in [-0.39, 0.29) is 15.8 Å². The Morgan fingerprint density at radius 3 is 2.24 bits per heavy atom. The predicted molar refractivity (Wildman–Crippen MR) is 67.9 cm³/mol. The Morgan fingerprint density at radius 1 is 1.29 bits per heavy atom. The number of hydrogen-bond acceptors (Lipinski definition) is 2. The molecule has 1 aromatic rings. The predicted octanol–water partition coefficient (Wildman–Crippen LogP) is 3.19. The van der Waals surface area contributed by atoms with Crippen molar-refractivity contribution in [3.05, 3.63) is 52.4 Å². The number of benzene rings is 1. The molecule has 0 amide bonds. The maximum absolute atomic E-state index is 12.1.